The first-order valence-electron chi connectivity index (χ1n) is 12.9. The number of carbonyl (C=O) groups excluding carboxylic acids is 1. The summed E-state index contributed by atoms with van der Waals surface area (Å²) in [5.74, 6) is -0.0944. The molecule has 3 aliphatic heterocycles. The Labute approximate surface area is 202 Å². The minimum Gasteiger partial charge on any atom is -0.352 e. The fraction of sp³-hybridized carbons (Fsp3) is 0.792. The Morgan fingerprint density at radius 3 is 2.82 bits per heavy atom. The third-order valence-corrected chi connectivity index (χ3v) is 9.59. The lowest BCUT2D eigenvalue weighted by molar-refractivity contribution is -0.118. The fourth-order valence-corrected chi connectivity index (χ4v) is 8.02. The van der Waals surface area contributed by atoms with Gasteiger partial charge in [0.2, 0.25) is 5.91 Å². The molecule has 0 bridgehead atoms. The van der Waals surface area contributed by atoms with Crippen molar-refractivity contribution in [3.8, 4) is 0 Å². The molecule has 1 saturated carbocycles. The Kier molecular flexibility index (Phi) is 7.11. The summed E-state index contributed by atoms with van der Waals surface area (Å²) in [7, 11) is -1.12. The largest absolute Gasteiger partial charge is 0.352 e. The summed E-state index contributed by atoms with van der Waals surface area (Å²) in [4.78, 5) is 28.7. The van der Waals surface area contributed by atoms with Crippen molar-refractivity contribution >= 4 is 20.3 Å². The van der Waals surface area contributed by atoms with E-state index in [2.05, 4.69) is 21.9 Å². The minimum absolute atomic E-state index is 0.0240. The number of aromatic nitrogens is 2. The zero-order valence-electron chi connectivity index (χ0n) is 20.4. The van der Waals surface area contributed by atoms with Crippen molar-refractivity contribution in [3.63, 3.8) is 0 Å². The van der Waals surface area contributed by atoms with Gasteiger partial charge in [-0.05, 0) is 38.2 Å². The van der Waals surface area contributed by atoms with Gasteiger partial charge >= 0.3 is 5.69 Å². The fourth-order valence-electron chi connectivity index (χ4n) is 5.83. The van der Waals surface area contributed by atoms with Gasteiger partial charge in [-0.1, -0.05) is 40.0 Å². The van der Waals surface area contributed by atoms with Crippen molar-refractivity contribution in [3.05, 3.63) is 22.7 Å². The van der Waals surface area contributed by atoms with Crippen molar-refractivity contribution < 1.29 is 18.6 Å². The molecule has 188 valence electrons. The predicted octanol–water partition coefficient (Wildman–Crippen LogP) is 4.34. The molecule has 1 aromatic rings. The number of piperidine rings is 1. The van der Waals surface area contributed by atoms with Gasteiger partial charge in [-0.3, -0.25) is 9.36 Å². The highest BCUT2D eigenvalue weighted by atomic mass is 31.2. The third-order valence-electron chi connectivity index (χ3n) is 7.73. The van der Waals surface area contributed by atoms with E-state index in [1.807, 2.05) is 0 Å². The molecule has 1 unspecified atom stereocenters. The van der Waals surface area contributed by atoms with E-state index in [-0.39, 0.29) is 35.5 Å². The Balaban J connectivity index is 1.28. The van der Waals surface area contributed by atoms with E-state index in [0.29, 0.717) is 12.5 Å². The number of fused-ring (bicyclic) bond motifs is 2. The highest BCUT2D eigenvalue weighted by Crippen LogP contribution is 2.64. The lowest BCUT2D eigenvalue weighted by Crippen LogP contribution is -2.45. The van der Waals surface area contributed by atoms with Gasteiger partial charge in [-0.25, -0.2) is 9.46 Å². The zero-order valence-corrected chi connectivity index (χ0v) is 21.3. The summed E-state index contributed by atoms with van der Waals surface area (Å²) in [5, 5.41) is 2.68. The van der Waals surface area contributed by atoms with Crippen LogP contribution in [0.2, 0.25) is 0 Å². The Morgan fingerprint density at radius 1 is 1.32 bits per heavy atom. The highest BCUT2D eigenvalue weighted by Gasteiger charge is 2.57. The zero-order chi connectivity index (χ0) is 23.9. The van der Waals surface area contributed by atoms with Crippen LogP contribution in [-0.4, -0.2) is 50.5 Å². The maximum atomic E-state index is 12.7. The van der Waals surface area contributed by atoms with Crippen LogP contribution in [0.1, 0.15) is 84.8 Å². The molecule has 4 fully saturated rings. The predicted molar refractivity (Wildman–Crippen MR) is 129 cm³/mol. The van der Waals surface area contributed by atoms with Crippen LogP contribution in [0.4, 0.5) is 5.82 Å². The number of ether oxygens (including phenoxy) is 1. The first-order chi connectivity index (χ1) is 16.4. The minimum atomic E-state index is -1.12. The summed E-state index contributed by atoms with van der Waals surface area (Å²) in [6.07, 6.45) is 10.8. The summed E-state index contributed by atoms with van der Waals surface area (Å²) >= 11 is 0. The van der Waals surface area contributed by atoms with Gasteiger partial charge < -0.3 is 19.1 Å². The highest BCUT2D eigenvalue weighted by molar-refractivity contribution is 7.45. The van der Waals surface area contributed by atoms with Gasteiger partial charge in [0.05, 0.1) is 17.8 Å². The third kappa shape index (κ3) is 4.58. The van der Waals surface area contributed by atoms with Gasteiger partial charge in [0.25, 0.3) is 8.53 Å². The second-order valence-electron chi connectivity index (χ2n) is 10.3. The number of rotatable bonds is 6. The molecule has 5 atom stereocenters. The van der Waals surface area contributed by atoms with Crippen LogP contribution in [0, 0.1) is 5.92 Å². The molecule has 4 heterocycles. The van der Waals surface area contributed by atoms with Gasteiger partial charge in [0, 0.05) is 31.1 Å². The number of anilines is 1. The number of hydrogen-bond acceptors (Lipinski definition) is 7. The normalized spacial score (nSPS) is 33.0. The maximum Gasteiger partial charge on any atom is 0.351 e. The molecular weight excluding hydrogens is 455 g/mol. The summed E-state index contributed by atoms with van der Waals surface area (Å²) in [6.45, 7) is 6.72. The Bertz CT molecular complexity index is 950. The molecule has 1 amide bonds. The molecule has 4 aliphatic rings. The van der Waals surface area contributed by atoms with E-state index >= 15 is 0 Å². The van der Waals surface area contributed by atoms with Crippen LogP contribution in [0.25, 0.3) is 0 Å². The van der Waals surface area contributed by atoms with Gasteiger partial charge in [-0.15, -0.1) is 0 Å². The quantitative estimate of drug-likeness (QED) is 0.590. The van der Waals surface area contributed by atoms with E-state index < -0.39 is 20.4 Å². The van der Waals surface area contributed by atoms with Crippen LogP contribution in [-0.2, 0) is 18.6 Å². The summed E-state index contributed by atoms with van der Waals surface area (Å²) in [6, 6.07) is 2.13. The van der Waals surface area contributed by atoms with Crippen molar-refractivity contribution in [1.29, 1.82) is 0 Å². The van der Waals surface area contributed by atoms with Crippen LogP contribution in [0.5, 0.6) is 0 Å². The molecule has 1 N–H and O–H groups in total. The average molecular weight is 493 g/mol. The standard InChI is InChI=1S/C24H37N4O5P/c1-4-17-18(32-34-28-13-8-5-9-19(28)24(33-34)11-6-7-12-24)15-21(31-17)27-14-10-20(26-23(27)30)25-22(29)16(2)3/h10,14,16-19,21H,4-9,11-13,15H2,1-3H3,(H,25,26,29,30)/t17-,18?,19+,21-,34-/m1/s1. The van der Waals surface area contributed by atoms with Gasteiger partial charge in [0.15, 0.2) is 0 Å². The molecule has 1 aromatic heterocycles. The molecule has 5 rings (SSSR count). The van der Waals surface area contributed by atoms with Crippen molar-refractivity contribution in [2.75, 3.05) is 11.9 Å². The molecule has 0 radical (unpaired) electrons. The van der Waals surface area contributed by atoms with Crippen LogP contribution in [0.3, 0.4) is 0 Å². The number of hydrogen-bond donors (Lipinski definition) is 1. The Morgan fingerprint density at radius 2 is 2.12 bits per heavy atom. The van der Waals surface area contributed by atoms with Crippen molar-refractivity contribution in [2.24, 2.45) is 5.92 Å². The summed E-state index contributed by atoms with van der Waals surface area (Å²) in [5.41, 5.74) is -0.463. The Hall–Kier alpha value is -1.38. The number of amides is 1. The first kappa shape index (κ1) is 24.3. The van der Waals surface area contributed by atoms with E-state index in [1.165, 1.54) is 36.7 Å². The molecule has 1 aliphatic carbocycles. The van der Waals surface area contributed by atoms with Gasteiger partial charge in [-0.2, -0.15) is 4.98 Å². The molecule has 0 aromatic carbocycles. The number of carbonyl (C=O) groups is 1. The van der Waals surface area contributed by atoms with Crippen molar-refractivity contribution in [2.45, 2.75) is 109 Å². The molecule has 1 spiro atoms. The van der Waals surface area contributed by atoms with Crippen LogP contribution >= 0.6 is 8.53 Å². The molecule has 3 saturated heterocycles. The maximum absolute atomic E-state index is 12.7. The van der Waals surface area contributed by atoms with Crippen LogP contribution < -0.4 is 11.0 Å². The number of nitrogens with zero attached hydrogens (tertiary/aromatic N) is 3. The number of nitrogens with one attached hydrogen (secondary N) is 1. The lowest BCUT2D eigenvalue weighted by atomic mass is 9.86. The van der Waals surface area contributed by atoms with Gasteiger partial charge in [0.1, 0.15) is 12.0 Å². The summed E-state index contributed by atoms with van der Waals surface area (Å²) < 4.78 is 23.7. The van der Waals surface area contributed by atoms with E-state index in [4.69, 9.17) is 13.8 Å². The monoisotopic (exact) mass is 492 g/mol. The average Bonchev–Trinajstić information content (AvgIpc) is 3.53. The first-order valence-corrected chi connectivity index (χ1v) is 14.0. The lowest BCUT2D eigenvalue weighted by Gasteiger charge is -2.35. The molecule has 9 nitrogen and oxygen atoms in total. The second-order valence-corrected chi connectivity index (χ2v) is 11.7. The smallest absolute Gasteiger partial charge is 0.351 e. The van der Waals surface area contributed by atoms with E-state index in [9.17, 15) is 9.59 Å². The SMILES string of the molecule is CC[C@H]1O[C@@H](n2ccc(NC(=O)C(C)C)nc2=O)CC1O[P@]1OC2(CCCC2)[C@@H]2CCCCN21. The topological polar surface area (TPSA) is 94.9 Å². The molecular formula is C24H37N4O5P. The van der Waals surface area contributed by atoms with E-state index in [1.54, 1.807) is 26.1 Å². The second kappa shape index (κ2) is 9.94. The van der Waals surface area contributed by atoms with Crippen molar-refractivity contribution in [1.82, 2.24) is 14.2 Å². The molecule has 10 heteroatoms. The van der Waals surface area contributed by atoms with Crippen LogP contribution in [0.15, 0.2) is 17.1 Å². The molecule has 34 heavy (non-hydrogen) atoms. The van der Waals surface area contributed by atoms with E-state index in [0.717, 1.165) is 25.8 Å².